The van der Waals surface area contributed by atoms with Crippen LogP contribution in [0.2, 0.25) is 0 Å². The first-order valence-corrected chi connectivity index (χ1v) is 5.91. The maximum Gasteiger partial charge on any atom is 0.226 e. The van der Waals surface area contributed by atoms with Crippen molar-refractivity contribution in [2.45, 2.75) is 19.4 Å². The van der Waals surface area contributed by atoms with Crippen LogP contribution in [0.3, 0.4) is 0 Å². The topological polar surface area (TPSA) is 50.4 Å². The van der Waals surface area contributed by atoms with Crippen LogP contribution >= 0.6 is 0 Å². The first-order chi connectivity index (χ1) is 8.29. The maximum absolute atomic E-state index is 11.5. The lowest BCUT2D eigenvalue weighted by molar-refractivity contribution is -0.117. The fourth-order valence-corrected chi connectivity index (χ4v) is 1.98. The number of hydrogen-bond donors (Lipinski definition) is 2. The molecule has 1 amide bonds. The summed E-state index contributed by atoms with van der Waals surface area (Å²) in [4.78, 5) is 11.5. The van der Waals surface area contributed by atoms with Crippen molar-refractivity contribution < 1.29 is 9.53 Å². The second-order valence-electron chi connectivity index (χ2n) is 4.20. The van der Waals surface area contributed by atoms with Crippen molar-refractivity contribution in [2.24, 2.45) is 0 Å². The van der Waals surface area contributed by atoms with Crippen LogP contribution in [-0.4, -0.2) is 26.2 Å². The fourth-order valence-electron chi connectivity index (χ4n) is 1.98. The van der Waals surface area contributed by atoms with Gasteiger partial charge < -0.3 is 15.4 Å². The molecule has 92 valence electrons. The summed E-state index contributed by atoms with van der Waals surface area (Å²) in [6.45, 7) is 2.38. The molecule has 2 N–H and O–H groups in total. The van der Waals surface area contributed by atoms with E-state index < -0.39 is 0 Å². The molecule has 1 aromatic rings. The smallest absolute Gasteiger partial charge is 0.226 e. The lowest BCUT2D eigenvalue weighted by atomic mass is 10.0. The van der Waals surface area contributed by atoms with Crippen LogP contribution in [0.5, 0.6) is 0 Å². The molecule has 0 fully saturated rings. The van der Waals surface area contributed by atoms with Crippen molar-refractivity contribution >= 4 is 11.6 Å². The third-order valence-corrected chi connectivity index (χ3v) is 2.91. The van der Waals surface area contributed by atoms with Gasteiger partial charge in [-0.3, -0.25) is 4.79 Å². The van der Waals surface area contributed by atoms with Crippen molar-refractivity contribution in [3.63, 3.8) is 0 Å². The third-order valence-electron chi connectivity index (χ3n) is 2.91. The normalized spacial score (nSPS) is 14.2. The Morgan fingerprint density at radius 3 is 3.18 bits per heavy atom. The Morgan fingerprint density at radius 1 is 1.47 bits per heavy atom. The molecule has 0 aromatic heterocycles. The summed E-state index contributed by atoms with van der Waals surface area (Å²) < 4.78 is 4.87. The summed E-state index contributed by atoms with van der Waals surface area (Å²) >= 11 is 0. The predicted molar refractivity (Wildman–Crippen MR) is 67.0 cm³/mol. The van der Waals surface area contributed by atoms with E-state index in [1.54, 1.807) is 7.11 Å². The molecule has 0 aliphatic carbocycles. The van der Waals surface area contributed by atoms with E-state index in [1.165, 1.54) is 11.1 Å². The van der Waals surface area contributed by atoms with E-state index in [-0.39, 0.29) is 5.91 Å². The number of methoxy groups -OCH3 is 1. The van der Waals surface area contributed by atoms with Crippen LogP contribution < -0.4 is 10.6 Å². The molecule has 4 nitrogen and oxygen atoms in total. The van der Waals surface area contributed by atoms with Gasteiger partial charge in [-0.25, -0.2) is 0 Å². The Bertz CT molecular complexity index is 404. The predicted octanol–water partition coefficient (Wildman–Crippen LogP) is 1.31. The van der Waals surface area contributed by atoms with Crippen molar-refractivity contribution in [2.75, 3.05) is 25.6 Å². The molecule has 4 heteroatoms. The Morgan fingerprint density at radius 2 is 2.35 bits per heavy atom. The number of carbonyl (C=O) groups excluding carboxylic acids is 1. The molecule has 0 unspecified atom stereocenters. The van der Waals surface area contributed by atoms with Gasteiger partial charge in [0.25, 0.3) is 0 Å². The molecule has 0 spiro atoms. The molecule has 1 heterocycles. The van der Waals surface area contributed by atoms with Crippen molar-refractivity contribution in [1.82, 2.24) is 5.32 Å². The van der Waals surface area contributed by atoms with Gasteiger partial charge in [-0.2, -0.15) is 0 Å². The standard InChI is InChI=1S/C13H18N2O2/c1-17-7-5-13(16)15-12-3-2-10-4-6-14-9-11(10)8-12/h2-3,8,14H,4-7,9H2,1H3,(H,15,16). The van der Waals surface area contributed by atoms with Gasteiger partial charge in [0.15, 0.2) is 0 Å². The van der Waals surface area contributed by atoms with Gasteiger partial charge in [0.05, 0.1) is 13.0 Å². The van der Waals surface area contributed by atoms with Crippen LogP contribution in [0.4, 0.5) is 5.69 Å². The monoisotopic (exact) mass is 234 g/mol. The quantitative estimate of drug-likeness (QED) is 0.825. The van der Waals surface area contributed by atoms with Gasteiger partial charge in [-0.05, 0) is 36.2 Å². The number of anilines is 1. The average molecular weight is 234 g/mol. The third kappa shape index (κ3) is 3.28. The van der Waals surface area contributed by atoms with E-state index in [2.05, 4.69) is 16.7 Å². The van der Waals surface area contributed by atoms with Crippen LogP contribution in [0.25, 0.3) is 0 Å². The van der Waals surface area contributed by atoms with E-state index in [4.69, 9.17) is 4.74 Å². The van der Waals surface area contributed by atoms with Crippen molar-refractivity contribution in [1.29, 1.82) is 0 Å². The molecule has 0 radical (unpaired) electrons. The largest absolute Gasteiger partial charge is 0.384 e. The highest BCUT2D eigenvalue weighted by molar-refractivity contribution is 5.90. The zero-order valence-electron chi connectivity index (χ0n) is 10.1. The second kappa shape index (κ2) is 5.80. The summed E-state index contributed by atoms with van der Waals surface area (Å²) in [6.07, 6.45) is 1.46. The summed E-state index contributed by atoms with van der Waals surface area (Å²) in [5.74, 6) is -0.00410. The lowest BCUT2D eigenvalue weighted by Crippen LogP contribution is -2.23. The molecule has 0 saturated heterocycles. The highest BCUT2D eigenvalue weighted by atomic mass is 16.5. The molecule has 17 heavy (non-hydrogen) atoms. The molecule has 1 aliphatic rings. The van der Waals surface area contributed by atoms with Gasteiger partial charge in [-0.1, -0.05) is 6.07 Å². The van der Waals surface area contributed by atoms with E-state index >= 15 is 0 Å². The van der Waals surface area contributed by atoms with Gasteiger partial charge >= 0.3 is 0 Å². The van der Waals surface area contributed by atoms with Gasteiger partial charge in [-0.15, -0.1) is 0 Å². The van der Waals surface area contributed by atoms with Gasteiger partial charge in [0, 0.05) is 19.3 Å². The first kappa shape index (κ1) is 12.1. The van der Waals surface area contributed by atoms with E-state index in [9.17, 15) is 4.79 Å². The van der Waals surface area contributed by atoms with Crippen molar-refractivity contribution in [3.8, 4) is 0 Å². The molecular weight excluding hydrogens is 216 g/mol. The number of benzene rings is 1. The number of rotatable bonds is 4. The minimum atomic E-state index is -0.00410. The number of carbonyl (C=O) groups is 1. The summed E-state index contributed by atoms with van der Waals surface area (Å²) in [6, 6.07) is 6.11. The van der Waals surface area contributed by atoms with E-state index in [0.717, 1.165) is 25.2 Å². The molecule has 0 saturated carbocycles. The SMILES string of the molecule is COCCC(=O)Nc1ccc2c(c1)CNCC2. The highest BCUT2D eigenvalue weighted by Crippen LogP contribution is 2.19. The van der Waals surface area contributed by atoms with Gasteiger partial charge in [0.2, 0.25) is 5.91 Å². The Balaban J connectivity index is 1.99. The summed E-state index contributed by atoms with van der Waals surface area (Å²) in [5.41, 5.74) is 3.52. The number of nitrogens with one attached hydrogen (secondary N) is 2. The molecule has 0 bridgehead atoms. The Hall–Kier alpha value is -1.39. The number of hydrogen-bond acceptors (Lipinski definition) is 3. The lowest BCUT2D eigenvalue weighted by Gasteiger charge is -2.18. The summed E-state index contributed by atoms with van der Waals surface area (Å²) in [5, 5.41) is 6.20. The fraction of sp³-hybridized carbons (Fsp3) is 0.462. The molecular formula is C13H18N2O2. The van der Waals surface area contributed by atoms with Crippen LogP contribution in [0, 0.1) is 0 Å². The first-order valence-electron chi connectivity index (χ1n) is 5.91. The number of ether oxygens (including phenoxy) is 1. The average Bonchev–Trinajstić information content (AvgIpc) is 2.36. The maximum atomic E-state index is 11.5. The van der Waals surface area contributed by atoms with Crippen LogP contribution in [-0.2, 0) is 22.5 Å². The van der Waals surface area contributed by atoms with Crippen molar-refractivity contribution in [3.05, 3.63) is 29.3 Å². The molecule has 0 atom stereocenters. The van der Waals surface area contributed by atoms with Crippen LogP contribution in [0.15, 0.2) is 18.2 Å². The van der Waals surface area contributed by atoms with E-state index in [0.29, 0.717) is 13.0 Å². The van der Waals surface area contributed by atoms with Crippen LogP contribution in [0.1, 0.15) is 17.5 Å². The Labute approximate surface area is 101 Å². The van der Waals surface area contributed by atoms with E-state index in [1.807, 2.05) is 12.1 Å². The number of fused-ring (bicyclic) bond motifs is 1. The minimum absolute atomic E-state index is 0.00410. The minimum Gasteiger partial charge on any atom is -0.384 e. The summed E-state index contributed by atoms with van der Waals surface area (Å²) in [7, 11) is 1.60. The zero-order chi connectivity index (χ0) is 12.1. The van der Waals surface area contributed by atoms with Gasteiger partial charge in [0.1, 0.15) is 0 Å². The molecule has 1 aliphatic heterocycles. The second-order valence-corrected chi connectivity index (χ2v) is 4.20. The molecule has 1 aromatic carbocycles. The zero-order valence-corrected chi connectivity index (χ0v) is 10.1. The Kier molecular flexibility index (Phi) is 4.12. The highest BCUT2D eigenvalue weighted by Gasteiger charge is 2.09. The number of amides is 1. The molecule has 2 rings (SSSR count).